The molecular formula is C22H26F2N2O2S. The van der Waals surface area contributed by atoms with Crippen LogP contribution in [0.25, 0.3) is 0 Å². The van der Waals surface area contributed by atoms with Gasteiger partial charge in [-0.2, -0.15) is 8.78 Å². The van der Waals surface area contributed by atoms with Crippen molar-refractivity contribution in [3.63, 3.8) is 0 Å². The van der Waals surface area contributed by atoms with Gasteiger partial charge in [-0.25, -0.2) is 4.98 Å². The van der Waals surface area contributed by atoms with Crippen LogP contribution >= 0.6 is 11.8 Å². The molecule has 156 valence electrons. The van der Waals surface area contributed by atoms with Gasteiger partial charge in [0.05, 0.1) is 5.69 Å². The van der Waals surface area contributed by atoms with E-state index in [0.29, 0.717) is 18.4 Å². The molecule has 0 spiro atoms. The molecule has 7 heteroatoms. The predicted octanol–water partition coefficient (Wildman–Crippen LogP) is 5.63. The van der Waals surface area contributed by atoms with Crippen LogP contribution in [0, 0.1) is 5.41 Å². The minimum atomic E-state index is -3.22. The first-order chi connectivity index (χ1) is 13.6. The summed E-state index contributed by atoms with van der Waals surface area (Å²) in [6, 6.07) is 12.0. The fourth-order valence-electron chi connectivity index (χ4n) is 3.43. The van der Waals surface area contributed by atoms with Crippen LogP contribution in [0.5, 0.6) is 5.75 Å². The standard InChI is InChI=1S/C22H26F2N2O2S/c1-21(2)11-6-12-26(15-21)20(27)19-10-4-7-16(25-19)14-29-18-9-5-8-17(13-18)28-22(3,23)24/h4-5,7-10,13H,6,11-12,14-15H2,1-3H3. The third-order valence-electron chi connectivity index (χ3n) is 4.70. The summed E-state index contributed by atoms with van der Waals surface area (Å²) in [5.41, 5.74) is 1.34. The monoisotopic (exact) mass is 420 g/mol. The molecular weight excluding hydrogens is 394 g/mol. The average molecular weight is 421 g/mol. The summed E-state index contributed by atoms with van der Waals surface area (Å²) in [7, 11) is 0. The Balaban J connectivity index is 1.65. The summed E-state index contributed by atoms with van der Waals surface area (Å²) in [6.45, 7) is 6.57. The lowest BCUT2D eigenvalue weighted by molar-refractivity contribution is -0.159. The number of alkyl halides is 2. The maximum atomic E-state index is 13.0. The Hall–Kier alpha value is -2.15. The minimum Gasteiger partial charge on any atom is -0.433 e. The Bertz CT molecular complexity index is 868. The fourth-order valence-corrected chi connectivity index (χ4v) is 4.28. The lowest BCUT2D eigenvalue weighted by atomic mass is 9.84. The lowest BCUT2D eigenvalue weighted by Gasteiger charge is -2.37. The number of benzene rings is 1. The Morgan fingerprint density at radius 3 is 2.76 bits per heavy atom. The van der Waals surface area contributed by atoms with Crippen molar-refractivity contribution in [3.05, 3.63) is 53.9 Å². The molecule has 1 fully saturated rings. The largest absolute Gasteiger partial charge is 0.433 e. The van der Waals surface area contributed by atoms with Crippen molar-refractivity contribution in [1.82, 2.24) is 9.88 Å². The summed E-state index contributed by atoms with van der Waals surface area (Å²) in [5, 5.41) is 0. The molecule has 0 atom stereocenters. The van der Waals surface area contributed by atoms with E-state index in [1.807, 2.05) is 23.1 Å². The van der Waals surface area contributed by atoms with Gasteiger partial charge in [0.25, 0.3) is 5.91 Å². The topological polar surface area (TPSA) is 42.4 Å². The first kappa shape index (κ1) is 21.6. The molecule has 1 aromatic heterocycles. The Labute approximate surface area is 174 Å². The van der Waals surface area contributed by atoms with E-state index in [9.17, 15) is 13.6 Å². The molecule has 1 amide bonds. The molecule has 0 saturated carbocycles. The average Bonchev–Trinajstić information content (AvgIpc) is 2.64. The van der Waals surface area contributed by atoms with Gasteiger partial charge in [0.2, 0.25) is 0 Å². The van der Waals surface area contributed by atoms with E-state index >= 15 is 0 Å². The van der Waals surface area contributed by atoms with Crippen molar-refractivity contribution < 1.29 is 18.3 Å². The van der Waals surface area contributed by atoms with Crippen LogP contribution < -0.4 is 4.74 Å². The van der Waals surface area contributed by atoms with Crippen molar-refractivity contribution in [3.8, 4) is 5.75 Å². The molecule has 1 aromatic carbocycles. The normalized spacial score (nSPS) is 16.5. The van der Waals surface area contributed by atoms with Gasteiger partial charge in [0, 0.05) is 30.7 Å². The van der Waals surface area contributed by atoms with Crippen LogP contribution in [0.15, 0.2) is 47.4 Å². The molecule has 1 saturated heterocycles. The highest BCUT2D eigenvalue weighted by atomic mass is 32.2. The zero-order valence-electron chi connectivity index (χ0n) is 17.0. The van der Waals surface area contributed by atoms with E-state index in [-0.39, 0.29) is 17.1 Å². The number of hydrogen-bond acceptors (Lipinski definition) is 4. The molecule has 4 nitrogen and oxygen atoms in total. The van der Waals surface area contributed by atoms with Crippen molar-refractivity contribution in [2.45, 2.75) is 50.4 Å². The maximum absolute atomic E-state index is 13.0. The predicted molar refractivity (Wildman–Crippen MR) is 110 cm³/mol. The fraction of sp³-hybridized carbons (Fsp3) is 0.455. The number of halogens is 2. The number of carbonyl (C=O) groups excluding carboxylic acids is 1. The third kappa shape index (κ3) is 6.42. The number of ether oxygens (including phenoxy) is 1. The molecule has 0 N–H and O–H groups in total. The van der Waals surface area contributed by atoms with Crippen LogP contribution in [-0.2, 0) is 5.75 Å². The molecule has 3 rings (SSSR count). The molecule has 1 aliphatic heterocycles. The number of nitrogens with zero attached hydrogens (tertiary/aromatic N) is 2. The van der Waals surface area contributed by atoms with Gasteiger partial charge < -0.3 is 9.64 Å². The molecule has 0 aliphatic carbocycles. The number of aromatic nitrogens is 1. The first-order valence-electron chi connectivity index (χ1n) is 9.66. The molecule has 2 heterocycles. The quantitative estimate of drug-likeness (QED) is 0.568. The van der Waals surface area contributed by atoms with Crippen LogP contribution in [-0.4, -0.2) is 35.0 Å². The van der Waals surface area contributed by atoms with Crippen molar-refractivity contribution in [2.75, 3.05) is 13.1 Å². The molecule has 0 radical (unpaired) electrons. The molecule has 29 heavy (non-hydrogen) atoms. The zero-order valence-corrected chi connectivity index (χ0v) is 17.8. The van der Waals surface area contributed by atoms with E-state index < -0.39 is 6.11 Å². The number of rotatable bonds is 6. The highest BCUT2D eigenvalue weighted by molar-refractivity contribution is 7.98. The summed E-state index contributed by atoms with van der Waals surface area (Å²) in [5.74, 6) is 0.607. The van der Waals surface area contributed by atoms with Gasteiger partial charge in [-0.05, 0) is 48.6 Å². The smallest absolute Gasteiger partial charge is 0.394 e. The second kappa shape index (κ2) is 8.69. The zero-order chi connectivity index (χ0) is 21.1. The Kier molecular flexibility index (Phi) is 6.46. The van der Waals surface area contributed by atoms with E-state index in [1.165, 1.54) is 17.8 Å². The second-order valence-electron chi connectivity index (χ2n) is 8.18. The van der Waals surface area contributed by atoms with Crippen LogP contribution in [0.3, 0.4) is 0 Å². The molecule has 1 aliphatic rings. The van der Waals surface area contributed by atoms with Crippen molar-refractivity contribution >= 4 is 17.7 Å². The number of thioether (sulfide) groups is 1. The van der Waals surface area contributed by atoms with E-state index in [4.69, 9.17) is 0 Å². The maximum Gasteiger partial charge on any atom is 0.394 e. The number of piperidine rings is 1. The molecule has 2 aromatic rings. The van der Waals surface area contributed by atoms with Crippen molar-refractivity contribution in [1.29, 1.82) is 0 Å². The number of pyridine rings is 1. The number of carbonyl (C=O) groups is 1. The van der Waals surface area contributed by atoms with E-state index in [2.05, 4.69) is 23.6 Å². The lowest BCUT2D eigenvalue weighted by Crippen LogP contribution is -2.43. The number of likely N-dealkylation sites (tertiary alicyclic amines) is 1. The van der Waals surface area contributed by atoms with Crippen LogP contribution in [0.1, 0.15) is 49.8 Å². The van der Waals surface area contributed by atoms with Gasteiger partial charge >= 0.3 is 6.11 Å². The van der Waals surface area contributed by atoms with E-state index in [1.54, 1.807) is 18.2 Å². The number of hydrogen-bond donors (Lipinski definition) is 0. The SMILES string of the molecule is CC1(C)CCCN(C(=O)c2cccc(CSc3cccc(OC(C)(F)F)c3)n2)C1. The number of amides is 1. The minimum absolute atomic E-state index is 0.0369. The first-order valence-corrected chi connectivity index (χ1v) is 10.6. The second-order valence-corrected chi connectivity index (χ2v) is 9.23. The van der Waals surface area contributed by atoms with Crippen LogP contribution in [0.2, 0.25) is 0 Å². The highest BCUT2D eigenvalue weighted by Gasteiger charge is 2.30. The molecule has 0 bridgehead atoms. The summed E-state index contributed by atoms with van der Waals surface area (Å²) in [4.78, 5) is 20.1. The summed E-state index contributed by atoms with van der Waals surface area (Å²) < 4.78 is 30.7. The highest BCUT2D eigenvalue weighted by Crippen LogP contribution is 2.30. The third-order valence-corrected chi connectivity index (χ3v) is 5.73. The van der Waals surface area contributed by atoms with Gasteiger partial charge in [0.1, 0.15) is 11.4 Å². The molecule has 0 unspecified atom stereocenters. The van der Waals surface area contributed by atoms with Gasteiger partial charge in [-0.1, -0.05) is 26.0 Å². The van der Waals surface area contributed by atoms with Crippen LogP contribution in [0.4, 0.5) is 8.78 Å². The van der Waals surface area contributed by atoms with Gasteiger partial charge in [-0.3, -0.25) is 4.79 Å². The van der Waals surface area contributed by atoms with Gasteiger partial charge in [0.15, 0.2) is 0 Å². The van der Waals surface area contributed by atoms with Gasteiger partial charge in [-0.15, -0.1) is 11.8 Å². The Morgan fingerprint density at radius 1 is 1.28 bits per heavy atom. The van der Waals surface area contributed by atoms with Crippen molar-refractivity contribution in [2.24, 2.45) is 5.41 Å². The Morgan fingerprint density at radius 2 is 2.03 bits per heavy atom. The summed E-state index contributed by atoms with van der Waals surface area (Å²) in [6.07, 6.45) is -1.10. The van der Waals surface area contributed by atoms with E-state index in [0.717, 1.165) is 36.5 Å². The summed E-state index contributed by atoms with van der Waals surface area (Å²) >= 11 is 1.46.